The summed E-state index contributed by atoms with van der Waals surface area (Å²) in [5.41, 5.74) is 8.90. The summed E-state index contributed by atoms with van der Waals surface area (Å²) in [5.74, 6) is 7.45. The van der Waals surface area contributed by atoms with Gasteiger partial charge in [0.15, 0.2) is 0 Å². The first-order chi connectivity index (χ1) is 18.5. The number of ether oxygens (including phenoxy) is 1. The molecule has 0 fully saturated rings. The van der Waals surface area contributed by atoms with Crippen LogP contribution in [0.2, 0.25) is 0 Å². The number of thiophene rings is 2. The fraction of sp³-hybridized carbons (Fsp3) is 0.467. The molecule has 0 aliphatic rings. The molecule has 1 unspecified atom stereocenters. The summed E-state index contributed by atoms with van der Waals surface area (Å²) in [6, 6.07) is 11.6. The predicted molar refractivity (Wildman–Crippen MR) is 162 cm³/mol. The molecule has 0 radical (unpaired) electrons. The Labute approximate surface area is 236 Å². The highest BCUT2D eigenvalue weighted by molar-refractivity contribution is 7.33. The Morgan fingerprint density at radius 3 is 2.32 bits per heavy atom. The van der Waals surface area contributed by atoms with Crippen LogP contribution in [0.5, 0.6) is 10.8 Å². The maximum Gasteiger partial charge on any atom is 0.748 e. The normalized spacial score (nSPS) is 11.2. The SMILES string of the molecule is CCCCCCCCC#Cc1ccc(-c2cc(N)c(-c3ccc(O[P+](=O)O)s3)cc2OCCCCCC)s1. The number of hydrogen-bond acceptors (Lipinski definition) is 6. The zero-order chi connectivity index (χ0) is 27.2. The molecule has 38 heavy (non-hydrogen) atoms. The minimum Gasteiger partial charge on any atom is -0.493 e. The molecule has 2 aromatic heterocycles. The molecular formula is C30H39NO4PS2+. The van der Waals surface area contributed by atoms with Gasteiger partial charge in [-0.1, -0.05) is 88.4 Å². The lowest BCUT2D eigenvalue weighted by atomic mass is 10.0. The van der Waals surface area contributed by atoms with E-state index in [1.165, 1.54) is 56.3 Å². The number of rotatable bonds is 16. The summed E-state index contributed by atoms with van der Waals surface area (Å²) in [4.78, 5) is 12.0. The molecular weight excluding hydrogens is 533 g/mol. The number of unbranched alkanes of at least 4 members (excludes halogenated alkanes) is 9. The largest absolute Gasteiger partial charge is 0.748 e. The van der Waals surface area contributed by atoms with E-state index in [1.807, 2.05) is 18.2 Å². The molecule has 0 aliphatic heterocycles. The maximum atomic E-state index is 11.1. The van der Waals surface area contributed by atoms with Crippen LogP contribution in [0, 0.1) is 11.8 Å². The summed E-state index contributed by atoms with van der Waals surface area (Å²) in [7, 11) is -2.71. The molecule has 3 rings (SSSR count). The predicted octanol–water partition coefficient (Wildman–Crippen LogP) is 9.82. The molecule has 204 valence electrons. The first kappa shape index (κ1) is 30.2. The molecule has 8 heteroatoms. The highest BCUT2D eigenvalue weighted by Gasteiger charge is 2.19. The second kappa shape index (κ2) is 16.6. The second-order valence-corrected chi connectivity index (χ2v) is 12.1. The van der Waals surface area contributed by atoms with Gasteiger partial charge in [-0.05, 0) is 49.2 Å². The molecule has 3 N–H and O–H groups in total. The topological polar surface area (TPSA) is 81.8 Å². The smallest absolute Gasteiger partial charge is 0.493 e. The van der Waals surface area contributed by atoms with Crippen LogP contribution < -0.4 is 15.0 Å². The molecule has 5 nitrogen and oxygen atoms in total. The zero-order valence-corrected chi connectivity index (χ0v) is 25.0. The fourth-order valence-electron chi connectivity index (χ4n) is 4.12. The average Bonchev–Trinajstić information content (AvgIpc) is 3.55. The van der Waals surface area contributed by atoms with Gasteiger partial charge in [0.05, 0.1) is 11.5 Å². The van der Waals surface area contributed by atoms with Crippen LogP contribution in [0.3, 0.4) is 0 Å². The van der Waals surface area contributed by atoms with Crippen LogP contribution in [-0.4, -0.2) is 11.5 Å². The summed E-state index contributed by atoms with van der Waals surface area (Å²) in [6.45, 7) is 5.07. The third-order valence-corrected chi connectivity index (χ3v) is 8.67. The number of hydrogen-bond donors (Lipinski definition) is 2. The van der Waals surface area contributed by atoms with E-state index in [0.717, 1.165) is 57.2 Å². The van der Waals surface area contributed by atoms with Crippen molar-refractivity contribution in [1.82, 2.24) is 0 Å². The molecule has 0 amide bonds. The fourth-order valence-corrected chi connectivity index (χ4v) is 6.35. The first-order valence-electron chi connectivity index (χ1n) is 13.6. The molecule has 0 saturated carbocycles. The van der Waals surface area contributed by atoms with Crippen LogP contribution in [0.1, 0.15) is 89.4 Å². The Bertz CT molecular complexity index is 1220. The van der Waals surface area contributed by atoms with Crippen molar-refractivity contribution in [2.24, 2.45) is 0 Å². The van der Waals surface area contributed by atoms with Crippen molar-refractivity contribution in [2.75, 3.05) is 12.3 Å². The number of anilines is 1. The van der Waals surface area contributed by atoms with Gasteiger partial charge in [-0.2, -0.15) is 0 Å². The quantitative estimate of drug-likeness (QED) is 0.0773. The van der Waals surface area contributed by atoms with Gasteiger partial charge >= 0.3 is 8.25 Å². The Kier molecular flexibility index (Phi) is 13.2. The van der Waals surface area contributed by atoms with E-state index >= 15 is 0 Å². The Morgan fingerprint density at radius 2 is 1.55 bits per heavy atom. The van der Waals surface area contributed by atoms with Crippen LogP contribution >= 0.6 is 30.9 Å². The Morgan fingerprint density at radius 1 is 0.868 bits per heavy atom. The van der Waals surface area contributed by atoms with Gasteiger partial charge in [0.25, 0.3) is 0 Å². The van der Waals surface area contributed by atoms with Crippen molar-refractivity contribution in [3.63, 3.8) is 0 Å². The molecule has 3 aromatic rings. The van der Waals surface area contributed by atoms with E-state index in [9.17, 15) is 4.57 Å². The van der Waals surface area contributed by atoms with Gasteiger partial charge in [-0.25, -0.2) is 4.52 Å². The maximum absolute atomic E-state index is 11.1. The standard InChI is InChI=1S/C30H38NO4PS2/c1-3-5-7-9-10-11-12-13-15-23-16-17-29(37-23)25-21-26(31)24(22-27(25)34-20-14-8-6-4-2)28-18-19-30(38-28)35-36(32)33/h16-19,21-22H,3-12,14,20,31H2,1-2H3/p+1. The molecule has 0 saturated heterocycles. The summed E-state index contributed by atoms with van der Waals surface area (Å²) in [6.07, 6.45) is 13.1. The number of nitrogens with two attached hydrogens (primary N) is 1. The van der Waals surface area contributed by atoms with E-state index in [4.69, 9.17) is 19.9 Å². The van der Waals surface area contributed by atoms with Gasteiger partial charge in [0, 0.05) is 37.6 Å². The van der Waals surface area contributed by atoms with Crippen molar-refractivity contribution in [3.05, 3.63) is 41.3 Å². The lowest BCUT2D eigenvalue weighted by Gasteiger charge is -2.14. The van der Waals surface area contributed by atoms with E-state index in [2.05, 4.69) is 37.8 Å². The summed E-state index contributed by atoms with van der Waals surface area (Å²) >= 11 is 2.94. The Hall–Kier alpha value is -2.36. The average molecular weight is 573 g/mol. The van der Waals surface area contributed by atoms with E-state index in [-0.39, 0.29) is 0 Å². The van der Waals surface area contributed by atoms with Crippen LogP contribution in [0.25, 0.3) is 20.9 Å². The number of nitrogen functional groups attached to an aromatic ring is 1. The first-order valence-corrected chi connectivity index (χ1v) is 16.4. The van der Waals surface area contributed by atoms with Crippen molar-refractivity contribution in [3.8, 4) is 43.5 Å². The van der Waals surface area contributed by atoms with Crippen molar-refractivity contribution in [2.45, 2.75) is 84.5 Å². The molecule has 2 heterocycles. The molecule has 1 atom stereocenters. The third-order valence-electron chi connectivity index (χ3n) is 6.16. The van der Waals surface area contributed by atoms with Crippen LogP contribution in [-0.2, 0) is 4.57 Å². The minimum atomic E-state index is -2.71. The van der Waals surface area contributed by atoms with Gasteiger partial charge in [0.1, 0.15) is 5.75 Å². The van der Waals surface area contributed by atoms with Crippen LogP contribution in [0.4, 0.5) is 5.69 Å². The zero-order valence-electron chi connectivity index (χ0n) is 22.5. The summed E-state index contributed by atoms with van der Waals surface area (Å²) in [5, 5.41) is 0.372. The lowest BCUT2D eigenvalue weighted by molar-refractivity contribution is 0.306. The molecule has 0 bridgehead atoms. The molecule has 0 spiro atoms. The molecule has 1 aromatic carbocycles. The van der Waals surface area contributed by atoms with Crippen LogP contribution in [0.15, 0.2) is 36.4 Å². The minimum absolute atomic E-state index is 0.372. The Balaban J connectivity index is 1.77. The molecule has 0 aliphatic carbocycles. The van der Waals surface area contributed by atoms with Gasteiger partial charge in [-0.15, -0.1) is 16.2 Å². The summed E-state index contributed by atoms with van der Waals surface area (Å²) < 4.78 is 22.3. The highest BCUT2D eigenvalue weighted by Crippen LogP contribution is 2.44. The van der Waals surface area contributed by atoms with Crippen molar-refractivity contribution >= 4 is 36.6 Å². The van der Waals surface area contributed by atoms with Gasteiger partial charge in [0.2, 0.25) is 5.06 Å². The van der Waals surface area contributed by atoms with E-state index < -0.39 is 8.25 Å². The number of benzene rings is 1. The lowest BCUT2D eigenvalue weighted by Crippen LogP contribution is -2.00. The van der Waals surface area contributed by atoms with Gasteiger partial charge < -0.3 is 10.5 Å². The monoisotopic (exact) mass is 572 g/mol. The van der Waals surface area contributed by atoms with Crippen molar-refractivity contribution < 1.29 is 18.7 Å². The van der Waals surface area contributed by atoms with E-state index in [0.29, 0.717) is 17.4 Å². The second-order valence-electron chi connectivity index (χ2n) is 9.28. The van der Waals surface area contributed by atoms with E-state index in [1.54, 1.807) is 17.4 Å². The van der Waals surface area contributed by atoms with Gasteiger partial charge in [-0.3, -0.25) is 0 Å². The van der Waals surface area contributed by atoms with Crippen molar-refractivity contribution in [1.29, 1.82) is 0 Å². The highest BCUT2D eigenvalue weighted by atomic mass is 32.1. The third kappa shape index (κ3) is 9.75.